The molecule has 1 aliphatic rings. The number of nitrogen functional groups attached to an aromatic ring is 1. The third kappa shape index (κ3) is 2.34. The highest BCUT2D eigenvalue weighted by Crippen LogP contribution is 2.35. The third-order valence-corrected chi connectivity index (χ3v) is 3.33. The molecule has 18 heavy (non-hydrogen) atoms. The Morgan fingerprint density at radius 1 is 1.22 bits per heavy atom. The Hall–Kier alpha value is -1.55. The molecule has 0 bridgehead atoms. The van der Waals surface area contributed by atoms with Gasteiger partial charge in [0.1, 0.15) is 0 Å². The van der Waals surface area contributed by atoms with E-state index in [1.165, 1.54) is 4.90 Å². The Bertz CT molecular complexity index is 506. The van der Waals surface area contributed by atoms with Crippen molar-refractivity contribution in [1.29, 1.82) is 0 Å². The third-order valence-electron chi connectivity index (χ3n) is 3.00. The van der Waals surface area contributed by atoms with Crippen LogP contribution in [0, 0.1) is 5.41 Å². The van der Waals surface area contributed by atoms with Crippen LogP contribution in [-0.4, -0.2) is 11.8 Å². The van der Waals surface area contributed by atoms with E-state index in [-0.39, 0.29) is 17.2 Å². The molecule has 0 aliphatic carbocycles. The van der Waals surface area contributed by atoms with Gasteiger partial charge in [0.15, 0.2) is 0 Å². The molecule has 96 valence electrons. The van der Waals surface area contributed by atoms with Crippen LogP contribution in [-0.2, 0) is 9.59 Å². The number of anilines is 2. The fourth-order valence-electron chi connectivity index (χ4n) is 2.12. The molecule has 0 saturated carbocycles. The predicted octanol–water partition coefficient (Wildman–Crippen LogP) is 2.60. The van der Waals surface area contributed by atoms with Gasteiger partial charge in [0.25, 0.3) is 0 Å². The number of halogens is 1. The summed E-state index contributed by atoms with van der Waals surface area (Å²) in [4.78, 5) is 25.3. The number of carbonyl (C=O) groups excluding carboxylic acids is 2. The normalized spacial score (nSPS) is 19.2. The maximum atomic E-state index is 12.0. The first-order valence-electron chi connectivity index (χ1n) is 5.71. The largest absolute Gasteiger partial charge is 0.398 e. The number of amides is 2. The Kier molecular flexibility index (Phi) is 3.07. The van der Waals surface area contributed by atoms with E-state index in [2.05, 4.69) is 0 Å². The molecule has 1 fully saturated rings. The molecule has 2 rings (SSSR count). The quantitative estimate of drug-likeness (QED) is 0.628. The second-order valence-electron chi connectivity index (χ2n) is 5.35. The number of piperidine rings is 1. The monoisotopic (exact) mass is 266 g/mol. The zero-order valence-corrected chi connectivity index (χ0v) is 11.1. The van der Waals surface area contributed by atoms with Crippen molar-refractivity contribution in [3.63, 3.8) is 0 Å². The number of nitrogens with zero attached hydrogens (tertiary/aromatic N) is 1. The molecule has 0 atom stereocenters. The minimum Gasteiger partial charge on any atom is -0.398 e. The predicted molar refractivity (Wildman–Crippen MR) is 71.4 cm³/mol. The second-order valence-corrected chi connectivity index (χ2v) is 5.75. The molecular formula is C13H15ClN2O2. The zero-order chi connectivity index (χ0) is 13.5. The summed E-state index contributed by atoms with van der Waals surface area (Å²) in [6, 6.07) is 4.78. The van der Waals surface area contributed by atoms with Crippen LogP contribution in [0.5, 0.6) is 0 Å². The van der Waals surface area contributed by atoms with Crippen molar-refractivity contribution in [2.24, 2.45) is 5.41 Å². The van der Waals surface area contributed by atoms with Crippen LogP contribution in [0.2, 0.25) is 5.02 Å². The van der Waals surface area contributed by atoms with E-state index >= 15 is 0 Å². The molecule has 4 nitrogen and oxygen atoms in total. The van der Waals surface area contributed by atoms with Crippen LogP contribution < -0.4 is 10.6 Å². The van der Waals surface area contributed by atoms with E-state index in [1.54, 1.807) is 18.2 Å². The number of imide groups is 1. The molecule has 0 radical (unpaired) electrons. The van der Waals surface area contributed by atoms with Gasteiger partial charge in [0.2, 0.25) is 11.8 Å². The lowest BCUT2D eigenvalue weighted by Crippen LogP contribution is -2.46. The number of carbonyl (C=O) groups is 2. The van der Waals surface area contributed by atoms with Crippen LogP contribution in [0.25, 0.3) is 0 Å². The standard InChI is InChI=1S/C13H15ClN2O2/c1-13(2)6-11(17)16(12(18)7-13)8-3-4-10(15)9(14)5-8/h3-5H,6-7,15H2,1-2H3. The van der Waals surface area contributed by atoms with Crippen molar-refractivity contribution in [3.05, 3.63) is 23.2 Å². The van der Waals surface area contributed by atoms with Crippen molar-refractivity contribution in [1.82, 2.24) is 0 Å². The number of hydrogen-bond donors (Lipinski definition) is 1. The summed E-state index contributed by atoms with van der Waals surface area (Å²) in [5, 5.41) is 0.345. The Balaban J connectivity index is 2.36. The molecule has 2 amide bonds. The van der Waals surface area contributed by atoms with Crippen LogP contribution in [0.4, 0.5) is 11.4 Å². The smallest absolute Gasteiger partial charge is 0.234 e. The summed E-state index contributed by atoms with van der Waals surface area (Å²) in [6.45, 7) is 3.83. The molecule has 1 aliphatic heterocycles. The van der Waals surface area contributed by atoms with Gasteiger partial charge in [0, 0.05) is 12.8 Å². The average molecular weight is 267 g/mol. The van der Waals surface area contributed by atoms with Gasteiger partial charge in [-0.15, -0.1) is 0 Å². The minimum atomic E-state index is -0.276. The lowest BCUT2D eigenvalue weighted by Gasteiger charge is -2.34. The summed E-state index contributed by atoms with van der Waals surface area (Å²) in [5.41, 5.74) is 6.25. The minimum absolute atomic E-state index is 0.197. The lowest BCUT2D eigenvalue weighted by molar-refractivity contribution is -0.132. The van der Waals surface area contributed by atoms with Gasteiger partial charge in [-0.1, -0.05) is 25.4 Å². The van der Waals surface area contributed by atoms with Crippen molar-refractivity contribution in [3.8, 4) is 0 Å². The lowest BCUT2D eigenvalue weighted by atomic mass is 9.81. The number of hydrogen-bond acceptors (Lipinski definition) is 3. The molecular weight excluding hydrogens is 252 g/mol. The van der Waals surface area contributed by atoms with Crippen LogP contribution in [0.15, 0.2) is 18.2 Å². The van der Waals surface area contributed by atoms with Crippen molar-refractivity contribution in [2.45, 2.75) is 26.7 Å². The number of rotatable bonds is 1. The molecule has 0 aromatic heterocycles. The fourth-order valence-corrected chi connectivity index (χ4v) is 2.30. The van der Waals surface area contributed by atoms with Crippen molar-refractivity contribution in [2.75, 3.05) is 10.6 Å². The van der Waals surface area contributed by atoms with Gasteiger partial charge < -0.3 is 5.73 Å². The molecule has 1 aromatic carbocycles. The summed E-state index contributed by atoms with van der Waals surface area (Å²) in [7, 11) is 0. The van der Waals surface area contributed by atoms with E-state index < -0.39 is 0 Å². The highest BCUT2D eigenvalue weighted by Gasteiger charge is 2.38. The highest BCUT2D eigenvalue weighted by molar-refractivity contribution is 6.33. The maximum Gasteiger partial charge on any atom is 0.234 e. The van der Waals surface area contributed by atoms with E-state index in [4.69, 9.17) is 17.3 Å². The first-order valence-corrected chi connectivity index (χ1v) is 6.09. The van der Waals surface area contributed by atoms with Gasteiger partial charge in [-0.2, -0.15) is 0 Å². The van der Waals surface area contributed by atoms with Gasteiger partial charge in [-0.25, -0.2) is 0 Å². The molecule has 0 unspecified atom stereocenters. The SMILES string of the molecule is CC1(C)CC(=O)N(c2ccc(N)c(Cl)c2)C(=O)C1. The first-order chi connectivity index (χ1) is 8.30. The Morgan fingerprint density at radius 3 is 2.28 bits per heavy atom. The zero-order valence-electron chi connectivity index (χ0n) is 10.4. The van der Waals surface area contributed by atoms with E-state index in [0.29, 0.717) is 29.2 Å². The van der Waals surface area contributed by atoms with Gasteiger partial charge in [-0.3, -0.25) is 14.5 Å². The van der Waals surface area contributed by atoms with E-state index in [1.807, 2.05) is 13.8 Å². The van der Waals surface area contributed by atoms with Crippen LogP contribution >= 0.6 is 11.6 Å². The van der Waals surface area contributed by atoms with E-state index in [9.17, 15) is 9.59 Å². The molecule has 2 N–H and O–H groups in total. The van der Waals surface area contributed by atoms with Gasteiger partial charge >= 0.3 is 0 Å². The van der Waals surface area contributed by atoms with Crippen LogP contribution in [0.3, 0.4) is 0 Å². The maximum absolute atomic E-state index is 12.0. The second kappa shape index (κ2) is 4.28. The van der Waals surface area contributed by atoms with Crippen molar-refractivity contribution >= 4 is 34.8 Å². The molecule has 0 spiro atoms. The fraction of sp³-hybridized carbons (Fsp3) is 0.385. The Morgan fingerprint density at radius 2 is 1.78 bits per heavy atom. The van der Waals surface area contributed by atoms with Gasteiger partial charge in [0.05, 0.1) is 16.4 Å². The first kappa shape index (κ1) is 12.9. The molecule has 1 heterocycles. The molecule has 1 aromatic rings. The molecule has 5 heteroatoms. The summed E-state index contributed by atoms with van der Waals surface area (Å²) < 4.78 is 0. The van der Waals surface area contributed by atoms with E-state index in [0.717, 1.165) is 0 Å². The Labute approximate surface area is 111 Å². The van der Waals surface area contributed by atoms with Gasteiger partial charge in [-0.05, 0) is 23.6 Å². The topological polar surface area (TPSA) is 63.4 Å². The highest BCUT2D eigenvalue weighted by atomic mass is 35.5. The average Bonchev–Trinajstić information content (AvgIpc) is 2.20. The van der Waals surface area contributed by atoms with Crippen molar-refractivity contribution < 1.29 is 9.59 Å². The summed E-state index contributed by atoms with van der Waals surface area (Å²) in [5.74, 6) is -0.394. The van der Waals surface area contributed by atoms with Crippen LogP contribution in [0.1, 0.15) is 26.7 Å². The summed E-state index contributed by atoms with van der Waals surface area (Å²) in [6.07, 6.45) is 0.696. The summed E-state index contributed by atoms with van der Waals surface area (Å²) >= 11 is 5.91. The molecule has 1 saturated heterocycles. The number of benzene rings is 1. The number of nitrogens with two attached hydrogens (primary N) is 1.